The zero-order chi connectivity index (χ0) is 12.9. The molecule has 0 radical (unpaired) electrons. The van der Waals surface area contributed by atoms with Gasteiger partial charge in [-0.1, -0.05) is 39.5 Å². The SMILES string of the molecule is CCCCCC[C@@]1(C)C[C@@](C)([C@@H](C)CO)OO1. The van der Waals surface area contributed by atoms with Crippen LogP contribution in [0.2, 0.25) is 0 Å². The van der Waals surface area contributed by atoms with Crippen LogP contribution in [0.5, 0.6) is 0 Å². The van der Waals surface area contributed by atoms with E-state index in [1.807, 2.05) is 13.8 Å². The Balaban J connectivity index is 2.41. The van der Waals surface area contributed by atoms with Crippen molar-refractivity contribution >= 4 is 0 Å². The van der Waals surface area contributed by atoms with Gasteiger partial charge in [0, 0.05) is 18.9 Å². The average molecular weight is 244 g/mol. The molecule has 1 fully saturated rings. The van der Waals surface area contributed by atoms with Crippen molar-refractivity contribution in [1.29, 1.82) is 0 Å². The molecular formula is C14H28O3. The van der Waals surface area contributed by atoms with E-state index in [0.29, 0.717) is 0 Å². The molecule has 17 heavy (non-hydrogen) atoms. The summed E-state index contributed by atoms with van der Waals surface area (Å²) in [6.45, 7) is 8.52. The predicted octanol–water partition coefficient (Wildman–Crippen LogP) is 3.45. The largest absolute Gasteiger partial charge is 0.396 e. The number of hydrogen-bond donors (Lipinski definition) is 1. The van der Waals surface area contributed by atoms with E-state index in [-0.39, 0.29) is 23.7 Å². The van der Waals surface area contributed by atoms with Gasteiger partial charge >= 0.3 is 0 Å². The third-order valence-corrected chi connectivity index (χ3v) is 4.03. The molecule has 0 aromatic heterocycles. The summed E-state index contributed by atoms with van der Waals surface area (Å²) in [4.78, 5) is 11.1. The van der Waals surface area contributed by atoms with E-state index in [1.54, 1.807) is 0 Å². The number of rotatable bonds is 7. The standard InChI is InChI=1S/C14H28O3/c1-5-6-7-8-9-13(3)11-14(4,17-16-13)12(2)10-15/h12,15H,5-11H2,1-4H3/t12-,13-,14-/m0/s1. The Morgan fingerprint density at radius 2 is 1.88 bits per heavy atom. The fourth-order valence-electron chi connectivity index (χ4n) is 2.50. The highest BCUT2D eigenvalue weighted by Crippen LogP contribution is 2.42. The first kappa shape index (κ1) is 14.9. The number of hydrogen-bond acceptors (Lipinski definition) is 3. The molecule has 1 N–H and O–H groups in total. The Morgan fingerprint density at radius 3 is 2.47 bits per heavy atom. The molecule has 1 rings (SSSR count). The maximum atomic E-state index is 9.24. The van der Waals surface area contributed by atoms with E-state index < -0.39 is 0 Å². The summed E-state index contributed by atoms with van der Waals surface area (Å²) in [5.41, 5.74) is -0.514. The average Bonchev–Trinajstić information content (AvgIpc) is 2.62. The smallest absolute Gasteiger partial charge is 0.108 e. The van der Waals surface area contributed by atoms with Crippen molar-refractivity contribution in [2.75, 3.05) is 6.61 Å². The summed E-state index contributed by atoms with van der Waals surface area (Å²) >= 11 is 0. The second kappa shape index (κ2) is 6.17. The van der Waals surface area contributed by atoms with Gasteiger partial charge in [0.05, 0.1) is 0 Å². The van der Waals surface area contributed by atoms with Crippen molar-refractivity contribution in [3.8, 4) is 0 Å². The summed E-state index contributed by atoms with van der Waals surface area (Å²) in [6, 6.07) is 0. The molecule has 0 spiro atoms. The molecular weight excluding hydrogens is 216 g/mol. The molecule has 0 aromatic rings. The van der Waals surface area contributed by atoms with Crippen LogP contribution in [0, 0.1) is 5.92 Å². The lowest BCUT2D eigenvalue weighted by molar-refractivity contribution is -0.353. The van der Waals surface area contributed by atoms with Crippen molar-refractivity contribution in [3.05, 3.63) is 0 Å². The molecule has 1 saturated heterocycles. The molecule has 0 unspecified atom stereocenters. The quantitative estimate of drug-likeness (QED) is 0.550. The van der Waals surface area contributed by atoms with Crippen LogP contribution in [0.4, 0.5) is 0 Å². The topological polar surface area (TPSA) is 38.7 Å². The molecule has 0 amide bonds. The van der Waals surface area contributed by atoms with E-state index >= 15 is 0 Å². The molecule has 3 nitrogen and oxygen atoms in total. The molecule has 1 heterocycles. The Morgan fingerprint density at radius 1 is 1.18 bits per heavy atom. The summed E-state index contributed by atoms with van der Waals surface area (Å²) in [5.74, 6) is 0.111. The first-order valence-electron chi connectivity index (χ1n) is 6.93. The second-order valence-electron chi connectivity index (χ2n) is 6.00. The lowest BCUT2D eigenvalue weighted by Crippen LogP contribution is -2.36. The van der Waals surface area contributed by atoms with Crippen LogP contribution in [0.3, 0.4) is 0 Å². The minimum Gasteiger partial charge on any atom is -0.396 e. The molecule has 102 valence electrons. The summed E-state index contributed by atoms with van der Waals surface area (Å²) in [7, 11) is 0. The Kier molecular flexibility index (Phi) is 5.42. The van der Waals surface area contributed by atoms with Gasteiger partial charge < -0.3 is 5.11 Å². The lowest BCUT2D eigenvalue weighted by atomic mass is 9.80. The minimum absolute atomic E-state index is 0.111. The third kappa shape index (κ3) is 3.94. The first-order chi connectivity index (χ1) is 7.96. The van der Waals surface area contributed by atoms with Crippen molar-refractivity contribution in [3.63, 3.8) is 0 Å². The van der Waals surface area contributed by atoms with E-state index in [1.165, 1.54) is 25.7 Å². The van der Waals surface area contributed by atoms with Crippen LogP contribution in [-0.2, 0) is 9.78 Å². The first-order valence-corrected chi connectivity index (χ1v) is 6.93. The summed E-state index contributed by atoms with van der Waals surface area (Å²) < 4.78 is 0. The fourth-order valence-corrected chi connectivity index (χ4v) is 2.50. The van der Waals surface area contributed by atoms with Gasteiger partial charge in [-0.3, -0.25) is 0 Å². The fraction of sp³-hybridized carbons (Fsp3) is 1.00. The van der Waals surface area contributed by atoms with Gasteiger partial charge in [0.2, 0.25) is 0 Å². The van der Waals surface area contributed by atoms with Gasteiger partial charge in [-0.15, -0.1) is 0 Å². The van der Waals surface area contributed by atoms with Crippen LogP contribution < -0.4 is 0 Å². The van der Waals surface area contributed by atoms with Gasteiger partial charge in [-0.05, 0) is 20.3 Å². The molecule has 3 atom stereocenters. The normalized spacial score (nSPS) is 35.1. The Bertz CT molecular complexity index is 232. The van der Waals surface area contributed by atoms with Gasteiger partial charge in [-0.2, -0.15) is 0 Å². The Hall–Kier alpha value is -0.120. The van der Waals surface area contributed by atoms with Crippen molar-refractivity contribution in [2.45, 2.75) is 77.4 Å². The van der Waals surface area contributed by atoms with Gasteiger partial charge in [0.25, 0.3) is 0 Å². The number of aliphatic hydroxyl groups excluding tert-OH is 1. The van der Waals surface area contributed by atoms with Crippen LogP contribution in [0.25, 0.3) is 0 Å². The zero-order valence-electron chi connectivity index (χ0n) is 11.8. The van der Waals surface area contributed by atoms with Crippen molar-refractivity contribution in [1.82, 2.24) is 0 Å². The van der Waals surface area contributed by atoms with Crippen LogP contribution >= 0.6 is 0 Å². The van der Waals surface area contributed by atoms with Crippen LogP contribution in [0.15, 0.2) is 0 Å². The number of aliphatic hydroxyl groups is 1. The highest BCUT2D eigenvalue weighted by Gasteiger charge is 2.48. The third-order valence-electron chi connectivity index (χ3n) is 4.03. The number of unbranched alkanes of at least 4 members (excludes halogenated alkanes) is 3. The van der Waals surface area contributed by atoms with Crippen molar-refractivity contribution < 1.29 is 14.9 Å². The lowest BCUT2D eigenvalue weighted by Gasteiger charge is -2.27. The second-order valence-corrected chi connectivity index (χ2v) is 6.00. The molecule has 1 aliphatic heterocycles. The zero-order valence-corrected chi connectivity index (χ0v) is 11.8. The van der Waals surface area contributed by atoms with E-state index in [2.05, 4.69) is 13.8 Å². The van der Waals surface area contributed by atoms with Gasteiger partial charge in [0.1, 0.15) is 11.2 Å². The Labute approximate surface area is 105 Å². The van der Waals surface area contributed by atoms with Crippen LogP contribution in [-0.4, -0.2) is 22.9 Å². The monoisotopic (exact) mass is 244 g/mol. The van der Waals surface area contributed by atoms with E-state index in [4.69, 9.17) is 9.78 Å². The maximum absolute atomic E-state index is 9.24. The molecule has 1 aliphatic rings. The molecule has 0 aromatic carbocycles. The predicted molar refractivity (Wildman–Crippen MR) is 68.6 cm³/mol. The van der Waals surface area contributed by atoms with E-state index in [0.717, 1.165) is 12.8 Å². The minimum atomic E-state index is -0.339. The van der Waals surface area contributed by atoms with Crippen LogP contribution in [0.1, 0.15) is 66.2 Å². The molecule has 0 saturated carbocycles. The van der Waals surface area contributed by atoms with Crippen molar-refractivity contribution in [2.24, 2.45) is 5.92 Å². The van der Waals surface area contributed by atoms with Gasteiger partial charge in [-0.25, -0.2) is 9.78 Å². The molecule has 0 bridgehead atoms. The maximum Gasteiger partial charge on any atom is 0.108 e. The van der Waals surface area contributed by atoms with Gasteiger partial charge in [0.15, 0.2) is 0 Å². The van der Waals surface area contributed by atoms with E-state index in [9.17, 15) is 5.11 Å². The molecule has 3 heteroatoms. The summed E-state index contributed by atoms with van der Waals surface area (Å²) in [6.07, 6.45) is 6.92. The summed E-state index contributed by atoms with van der Waals surface area (Å²) in [5, 5.41) is 9.24. The highest BCUT2D eigenvalue weighted by atomic mass is 17.2. The molecule has 0 aliphatic carbocycles. The highest BCUT2D eigenvalue weighted by molar-refractivity contribution is 4.93.